The molecule has 1 fully saturated rings. The number of benzene rings is 2. The van der Waals surface area contributed by atoms with E-state index in [1.165, 1.54) is 18.2 Å². The molecule has 0 unspecified atom stereocenters. The summed E-state index contributed by atoms with van der Waals surface area (Å²) in [6.07, 6.45) is 2.01. The Morgan fingerprint density at radius 2 is 1.70 bits per heavy atom. The predicted octanol–water partition coefficient (Wildman–Crippen LogP) is 4.67. The van der Waals surface area contributed by atoms with E-state index in [2.05, 4.69) is 11.6 Å². The predicted molar refractivity (Wildman–Crippen MR) is 108 cm³/mol. The molecule has 1 amide bonds. The van der Waals surface area contributed by atoms with Crippen molar-refractivity contribution in [3.63, 3.8) is 0 Å². The van der Waals surface area contributed by atoms with Gasteiger partial charge in [0.15, 0.2) is 0 Å². The first-order valence-electron chi connectivity index (χ1n) is 8.63. The minimum atomic E-state index is -3.89. The summed E-state index contributed by atoms with van der Waals surface area (Å²) in [6.45, 7) is 3.69. The fraction of sp³-hybridized carbons (Fsp3) is 0.316. The number of piperidine rings is 1. The van der Waals surface area contributed by atoms with E-state index in [1.807, 2.05) is 4.90 Å². The molecule has 1 saturated heterocycles. The lowest BCUT2D eigenvalue weighted by molar-refractivity contribution is 0.0697. The maximum Gasteiger partial charge on any atom is 0.263 e. The number of nitrogens with one attached hydrogen (secondary N) is 1. The standard InChI is InChI=1S/C19H20Cl2N2O3S/c1-13-8-10-23(11-9-13)19(24)14-2-5-16(6-3-14)22-27(25,26)18-12-15(20)4-7-17(18)21/h2-7,12-13,22H,8-11H2,1H3. The molecule has 1 aliphatic rings. The van der Waals surface area contributed by atoms with Crippen LogP contribution < -0.4 is 4.72 Å². The van der Waals surface area contributed by atoms with Crippen molar-refractivity contribution in [1.82, 2.24) is 4.90 Å². The Hall–Kier alpha value is -1.76. The maximum absolute atomic E-state index is 12.6. The molecular weight excluding hydrogens is 407 g/mol. The molecule has 27 heavy (non-hydrogen) atoms. The minimum absolute atomic E-state index is 0.0332. The van der Waals surface area contributed by atoms with E-state index in [9.17, 15) is 13.2 Å². The highest BCUT2D eigenvalue weighted by Crippen LogP contribution is 2.27. The van der Waals surface area contributed by atoms with Gasteiger partial charge in [-0.1, -0.05) is 30.1 Å². The molecule has 5 nitrogen and oxygen atoms in total. The average molecular weight is 427 g/mol. The fourth-order valence-corrected chi connectivity index (χ4v) is 4.79. The Morgan fingerprint density at radius 1 is 1.07 bits per heavy atom. The van der Waals surface area contributed by atoms with Gasteiger partial charge in [-0.25, -0.2) is 8.42 Å². The van der Waals surface area contributed by atoms with Gasteiger partial charge >= 0.3 is 0 Å². The lowest BCUT2D eigenvalue weighted by Gasteiger charge is -2.30. The van der Waals surface area contributed by atoms with E-state index >= 15 is 0 Å². The normalized spacial score (nSPS) is 15.6. The summed E-state index contributed by atoms with van der Waals surface area (Å²) in [7, 11) is -3.89. The number of sulfonamides is 1. The number of hydrogen-bond acceptors (Lipinski definition) is 3. The Kier molecular flexibility index (Phi) is 5.99. The molecule has 1 heterocycles. The first kappa shape index (κ1) is 20.0. The maximum atomic E-state index is 12.6. The highest BCUT2D eigenvalue weighted by molar-refractivity contribution is 7.92. The van der Waals surface area contributed by atoms with Gasteiger partial charge in [-0.15, -0.1) is 0 Å². The Balaban J connectivity index is 1.74. The smallest absolute Gasteiger partial charge is 0.263 e. The molecule has 0 aromatic heterocycles. The number of hydrogen-bond donors (Lipinski definition) is 1. The van der Waals surface area contributed by atoms with Crippen molar-refractivity contribution in [3.05, 3.63) is 58.1 Å². The van der Waals surface area contributed by atoms with Crippen LogP contribution in [0.25, 0.3) is 0 Å². The molecule has 0 aliphatic carbocycles. The van der Waals surface area contributed by atoms with Crippen LogP contribution in [0.2, 0.25) is 10.0 Å². The Labute approximate surface area is 169 Å². The van der Waals surface area contributed by atoms with Gasteiger partial charge in [0.1, 0.15) is 4.90 Å². The van der Waals surface area contributed by atoms with Crippen molar-refractivity contribution in [2.24, 2.45) is 5.92 Å². The van der Waals surface area contributed by atoms with Crippen molar-refractivity contribution in [2.75, 3.05) is 17.8 Å². The van der Waals surface area contributed by atoms with Crippen molar-refractivity contribution in [2.45, 2.75) is 24.7 Å². The molecule has 0 saturated carbocycles. The summed E-state index contributed by atoms with van der Waals surface area (Å²) in [5, 5.41) is 0.356. The van der Waals surface area contributed by atoms with Crippen LogP contribution in [0.5, 0.6) is 0 Å². The number of amides is 1. The van der Waals surface area contributed by atoms with Crippen LogP contribution in [-0.2, 0) is 10.0 Å². The van der Waals surface area contributed by atoms with Crippen LogP contribution in [0.4, 0.5) is 5.69 Å². The van der Waals surface area contributed by atoms with Gasteiger partial charge in [-0.05, 0) is 61.2 Å². The third-order valence-corrected chi connectivity index (χ3v) is 6.74. The molecule has 0 atom stereocenters. The van der Waals surface area contributed by atoms with Gasteiger partial charge < -0.3 is 4.90 Å². The summed E-state index contributed by atoms with van der Waals surface area (Å²) < 4.78 is 27.5. The molecule has 1 aliphatic heterocycles. The number of halogens is 2. The Morgan fingerprint density at radius 3 is 2.33 bits per heavy atom. The SMILES string of the molecule is CC1CCN(C(=O)c2ccc(NS(=O)(=O)c3cc(Cl)ccc3Cl)cc2)CC1. The zero-order valence-electron chi connectivity index (χ0n) is 14.8. The zero-order chi connectivity index (χ0) is 19.6. The van der Waals surface area contributed by atoms with Crippen molar-refractivity contribution < 1.29 is 13.2 Å². The second-order valence-corrected chi connectivity index (χ2v) is 9.23. The summed E-state index contributed by atoms with van der Waals surface area (Å²) in [5.74, 6) is 0.610. The zero-order valence-corrected chi connectivity index (χ0v) is 17.1. The fourth-order valence-electron chi connectivity index (χ4n) is 2.97. The molecule has 8 heteroatoms. The third-order valence-electron chi connectivity index (χ3n) is 4.64. The highest BCUT2D eigenvalue weighted by atomic mass is 35.5. The number of carbonyl (C=O) groups is 1. The highest BCUT2D eigenvalue weighted by Gasteiger charge is 2.22. The van der Waals surface area contributed by atoms with E-state index in [4.69, 9.17) is 23.2 Å². The largest absolute Gasteiger partial charge is 0.339 e. The summed E-state index contributed by atoms with van der Waals surface area (Å²) in [4.78, 5) is 14.3. The van der Waals surface area contributed by atoms with Gasteiger partial charge in [0.25, 0.3) is 15.9 Å². The summed E-state index contributed by atoms with van der Waals surface area (Å²) in [6, 6.07) is 10.6. The quantitative estimate of drug-likeness (QED) is 0.772. The van der Waals surface area contributed by atoms with E-state index in [0.717, 1.165) is 25.9 Å². The van der Waals surface area contributed by atoms with Crippen molar-refractivity contribution in [1.29, 1.82) is 0 Å². The van der Waals surface area contributed by atoms with Crippen LogP contribution >= 0.6 is 23.2 Å². The molecule has 2 aromatic carbocycles. The number of anilines is 1. The monoisotopic (exact) mass is 426 g/mol. The molecule has 0 bridgehead atoms. The lowest BCUT2D eigenvalue weighted by Crippen LogP contribution is -2.37. The number of nitrogens with zero attached hydrogens (tertiary/aromatic N) is 1. The molecule has 2 aromatic rings. The van der Waals surface area contributed by atoms with E-state index in [-0.39, 0.29) is 20.8 Å². The molecule has 3 rings (SSSR count). The topological polar surface area (TPSA) is 66.5 Å². The van der Waals surface area contributed by atoms with Gasteiger partial charge in [-0.3, -0.25) is 9.52 Å². The molecule has 0 spiro atoms. The number of rotatable bonds is 4. The van der Waals surface area contributed by atoms with Gasteiger partial charge in [0.05, 0.1) is 5.02 Å². The van der Waals surface area contributed by atoms with E-state index in [1.54, 1.807) is 24.3 Å². The van der Waals surface area contributed by atoms with Gasteiger partial charge in [-0.2, -0.15) is 0 Å². The number of carbonyl (C=O) groups excluding carboxylic acids is 1. The van der Waals surface area contributed by atoms with Gasteiger partial charge in [0.2, 0.25) is 0 Å². The molecule has 0 radical (unpaired) electrons. The van der Waals surface area contributed by atoms with Crippen LogP contribution in [0.15, 0.2) is 47.4 Å². The lowest BCUT2D eigenvalue weighted by atomic mass is 9.98. The molecule has 144 valence electrons. The van der Waals surface area contributed by atoms with Gasteiger partial charge in [0, 0.05) is 29.4 Å². The van der Waals surface area contributed by atoms with Crippen LogP contribution in [0.3, 0.4) is 0 Å². The first-order chi connectivity index (χ1) is 12.8. The molecular formula is C19H20Cl2N2O3S. The summed E-state index contributed by atoms with van der Waals surface area (Å²) in [5.41, 5.74) is 0.878. The summed E-state index contributed by atoms with van der Waals surface area (Å²) >= 11 is 11.9. The number of likely N-dealkylation sites (tertiary alicyclic amines) is 1. The minimum Gasteiger partial charge on any atom is -0.339 e. The first-order valence-corrected chi connectivity index (χ1v) is 10.9. The van der Waals surface area contributed by atoms with Crippen molar-refractivity contribution in [3.8, 4) is 0 Å². The average Bonchev–Trinajstić information content (AvgIpc) is 2.64. The second-order valence-electron chi connectivity index (χ2n) is 6.73. The second kappa shape index (κ2) is 8.09. The van der Waals surface area contributed by atoms with Crippen LogP contribution in [-0.4, -0.2) is 32.3 Å². The van der Waals surface area contributed by atoms with E-state index < -0.39 is 10.0 Å². The van der Waals surface area contributed by atoms with Crippen molar-refractivity contribution >= 4 is 44.8 Å². The molecule has 1 N–H and O–H groups in total. The Bertz CT molecular complexity index is 938. The van der Waals surface area contributed by atoms with Crippen LogP contribution in [0, 0.1) is 5.92 Å². The van der Waals surface area contributed by atoms with Crippen LogP contribution in [0.1, 0.15) is 30.1 Å². The van der Waals surface area contributed by atoms with E-state index in [0.29, 0.717) is 17.2 Å². The third kappa shape index (κ3) is 4.75.